The minimum absolute atomic E-state index is 0.560. The molecule has 8 rings (SSSR count). The predicted molar refractivity (Wildman–Crippen MR) is 204 cm³/mol. The first-order chi connectivity index (χ1) is 23.7. The van der Waals surface area contributed by atoms with Gasteiger partial charge in [0.25, 0.3) is 0 Å². The Morgan fingerprint density at radius 1 is 0.542 bits per heavy atom. The van der Waals surface area contributed by atoms with Crippen molar-refractivity contribution in [2.24, 2.45) is 0 Å². The Balaban J connectivity index is 0.000000218. The number of rotatable bonds is 8. The van der Waals surface area contributed by atoms with Crippen LogP contribution in [0.1, 0.15) is 51.8 Å². The largest absolute Gasteiger partial charge is 0.0622 e. The van der Waals surface area contributed by atoms with E-state index in [2.05, 4.69) is 190 Å². The van der Waals surface area contributed by atoms with Crippen LogP contribution in [0.3, 0.4) is 0 Å². The molecule has 2 unspecified atom stereocenters. The third kappa shape index (κ3) is 7.39. The molecule has 2 aliphatic rings. The standard InChI is InChI=1S/C21H16P.C14H14.C11H11.Zr/c1-3-11-19(12-4-1)22(20-13-5-2-6-14-20)21-15-17-9-7-8-10-18(17)16-21;1-3-7-13(8-4-1)11-12-14-9-5-2-6-10-14;1-8-6-7-9(2)11-5-3-4-10(8)11;/h1-16H;1-10H,11-12H2;3-7H,1-2H3;. The normalized spacial score (nSPS) is 15.7. The van der Waals surface area contributed by atoms with Crippen LogP contribution in [0.15, 0.2) is 169 Å². The summed E-state index contributed by atoms with van der Waals surface area (Å²) in [6.07, 6.45) is 9.75. The fourth-order valence-corrected chi connectivity index (χ4v) is 15.3. The summed E-state index contributed by atoms with van der Waals surface area (Å²) in [4.78, 5) is 0. The fourth-order valence-electron chi connectivity index (χ4n) is 6.95. The molecule has 0 aliphatic heterocycles. The summed E-state index contributed by atoms with van der Waals surface area (Å²) in [6.45, 7) is 4.56. The van der Waals surface area contributed by atoms with E-state index < -0.39 is 31.2 Å². The molecule has 0 saturated heterocycles. The molecule has 0 N–H and O–H groups in total. The third-order valence-corrected chi connectivity index (χ3v) is 17.0. The summed E-state index contributed by atoms with van der Waals surface area (Å²) in [6, 6.07) is 57.5. The molecule has 0 fully saturated rings. The number of fused-ring (bicyclic) bond motifs is 2. The van der Waals surface area contributed by atoms with E-state index in [-0.39, 0.29) is 0 Å². The number of hydrogen-bond donors (Lipinski definition) is 0. The van der Waals surface area contributed by atoms with E-state index in [1.165, 1.54) is 44.0 Å². The van der Waals surface area contributed by atoms with Crippen LogP contribution < -0.4 is 10.6 Å². The molecule has 0 bridgehead atoms. The number of aryl methyl sites for hydroxylation is 4. The van der Waals surface area contributed by atoms with E-state index in [1.54, 1.807) is 16.4 Å². The molecule has 0 aromatic heterocycles. The van der Waals surface area contributed by atoms with Crippen molar-refractivity contribution in [1.29, 1.82) is 0 Å². The van der Waals surface area contributed by atoms with E-state index in [4.69, 9.17) is 0 Å². The molecular formula is C46H41PZr. The van der Waals surface area contributed by atoms with E-state index in [1.807, 2.05) is 0 Å². The molecule has 0 nitrogen and oxygen atoms in total. The number of allylic oxidation sites excluding steroid dienone is 2. The zero-order valence-corrected chi connectivity index (χ0v) is 31.1. The Bertz CT molecular complexity index is 1930. The topological polar surface area (TPSA) is 0 Å². The van der Waals surface area contributed by atoms with Crippen LogP contribution in [0, 0.1) is 13.8 Å². The van der Waals surface area contributed by atoms with Gasteiger partial charge in [0.2, 0.25) is 0 Å². The van der Waals surface area contributed by atoms with Crippen molar-refractivity contribution >= 4 is 30.7 Å². The molecule has 0 radical (unpaired) electrons. The molecule has 234 valence electrons. The zero-order valence-electron chi connectivity index (χ0n) is 27.8. The zero-order chi connectivity index (χ0) is 32.7. The van der Waals surface area contributed by atoms with Gasteiger partial charge in [-0.15, -0.1) is 0 Å². The van der Waals surface area contributed by atoms with E-state index >= 15 is 0 Å². The second-order valence-corrected chi connectivity index (χ2v) is 18.6. The number of hydrogen-bond acceptors (Lipinski definition) is 0. The Kier molecular flexibility index (Phi) is 10.6. The first-order valence-electron chi connectivity index (χ1n) is 17.0. The molecule has 0 saturated carbocycles. The van der Waals surface area contributed by atoms with Crippen molar-refractivity contribution in [2.75, 3.05) is 0 Å². The van der Waals surface area contributed by atoms with Gasteiger partial charge in [0.1, 0.15) is 0 Å². The van der Waals surface area contributed by atoms with Crippen molar-refractivity contribution in [3.8, 4) is 0 Å². The maximum atomic E-state index is 2.55. The molecule has 2 heteroatoms. The van der Waals surface area contributed by atoms with Crippen LogP contribution >= 0.6 is 7.92 Å². The summed E-state index contributed by atoms with van der Waals surface area (Å²) in [5.41, 5.74) is 11.8. The minimum Gasteiger partial charge on any atom is -0.0622 e. The summed E-state index contributed by atoms with van der Waals surface area (Å²) >= 11 is -0.899. The van der Waals surface area contributed by atoms with E-state index in [0.29, 0.717) is 7.25 Å². The van der Waals surface area contributed by atoms with Gasteiger partial charge in [-0.2, -0.15) is 0 Å². The van der Waals surface area contributed by atoms with Gasteiger partial charge in [-0.25, -0.2) is 0 Å². The Labute approximate surface area is 299 Å². The van der Waals surface area contributed by atoms with Gasteiger partial charge in [0.15, 0.2) is 0 Å². The van der Waals surface area contributed by atoms with Crippen molar-refractivity contribution in [2.45, 2.75) is 33.9 Å². The SMILES string of the molecule is Cc1ccc(C)c2c1C=C[CH]2[Zr][CH]1C(P(c2ccccc2)c2ccccc2)=Cc2ccccc21.c1ccc(CCc2ccccc2)cc1. The van der Waals surface area contributed by atoms with Gasteiger partial charge in [-0.3, -0.25) is 0 Å². The first-order valence-corrected chi connectivity index (χ1v) is 21.2. The first kappa shape index (κ1) is 32.7. The van der Waals surface area contributed by atoms with Crippen molar-refractivity contribution < 1.29 is 23.2 Å². The van der Waals surface area contributed by atoms with E-state index in [9.17, 15) is 0 Å². The summed E-state index contributed by atoms with van der Waals surface area (Å²) in [5.74, 6) is 0. The smallest absolute Gasteiger partial charge is 0.0238 e. The van der Waals surface area contributed by atoms with Gasteiger partial charge in [-0.1, -0.05) is 60.7 Å². The molecule has 0 heterocycles. The molecule has 2 aliphatic carbocycles. The van der Waals surface area contributed by atoms with Crippen LogP contribution in [-0.2, 0) is 36.1 Å². The van der Waals surface area contributed by atoms with Crippen molar-refractivity contribution in [1.82, 2.24) is 0 Å². The van der Waals surface area contributed by atoms with Crippen LogP contribution in [-0.4, -0.2) is 0 Å². The van der Waals surface area contributed by atoms with Gasteiger partial charge in [-0.05, 0) is 24.0 Å². The van der Waals surface area contributed by atoms with Crippen LogP contribution in [0.4, 0.5) is 0 Å². The summed E-state index contributed by atoms with van der Waals surface area (Å²) in [5, 5.41) is 4.58. The third-order valence-electron chi connectivity index (χ3n) is 9.42. The van der Waals surface area contributed by atoms with Crippen molar-refractivity contribution in [3.05, 3.63) is 214 Å². The van der Waals surface area contributed by atoms with Gasteiger partial charge in [0, 0.05) is 0 Å². The second kappa shape index (κ2) is 15.6. The van der Waals surface area contributed by atoms with Gasteiger partial charge < -0.3 is 0 Å². The fraction of sp³-hybridized carbons (Fsp3) is 0.130. The Hall–Kier alpha value is -3.89. The maximum absolute atomic E-state index is 2.55. The van der Waals surface area contributed by atoms with Crippen LogP contribution in [0.25, 0.3) is 12.2 Å². The van der Waals surface area contributed by atoms with Crippen LogP contribution in [0.5, 0.6) is 0 Å². The minimum atomic E-state index is -0.899. The summed E-state index contributed by atoms with van der Waals surface area (Å²) < 4.78 is 1.22. The summed E-state index contributed by atoms with van der Waals surface area (Å²) in [7, 11) is -0.560. The average Bonchev–Trinajstić information content (AvgIpc) is 3.74. The maximum Gasteiger partial charge on any atom is -0.0238 e. The van der Waals surface area contributed by atoms with Crippen LogP contribution in [0.2, 0.25) is 0 Å². The average molecular weight is 716 g/mol. The molecular weight excluding hydrogens is 675 g/mol. The van der Waals surface area contributed by atoms with Gasteiger partial charge in [0.05, 0.1) is 0 Å². The predicted octanol–water partition coefficient (Wildman–Crippen LogP) is 11.2. The molecule has 0 amide bonds. The molecule has 6 aromatic carbocycles. The quantitative estimate of drug-likeness (QED) is 0.138. The van der Waals surface area contributed by atoms with Crippen molar-refractivity contribution in [3.63, 3.8) is 0 Å². The molecule has 6 aromatic rings. The molecule has 48 heavy (non-hydrogen) atoms. The number of benzene rings is 6. The Morgan fingerprint density at radius 3 is 1.62 bits per heavy atom. The second-order valence-electron chi connectivity index (χ2n) is 12.6. The van der Waals surface area contributed by atoms with Gasteiger partial charge >= 0.3 is 217 Å². The molecule has 2 atom stereocenters. The monoisotopic (exact) mass is 714 g/mol. The van der Waals surface area contributed by atoms with E-state index in [0.717, 1.165) is 12.8 Å². The molecule has 0 spiro atoms. The Morgan fingerprint density at radius 2 is 1.04 bits per heavy atom.